The van der Waals surface area contributed by atoms with Crippen molar-refractivity contribution in [1.82, 2.24) is 9.91 Å². The van der Waals surface area contributed by atoms with Crippen LogP contribution in [0.1, 0.15) is 5.56 Å². The number of benzene rings is 1. The van der Waals surface area contributed by atoms with Crippen LogP contribution in [0.2, 0.25) is 0 Å². The summed E-state index contributed by atoms with van der Waals surface area (Å²) < 4.78 is 5.06. The van der Waals surface area contributed by atoms with Gasteiger partial charge in [-0.25, -0.2) is 0 Å². The number of aromatic hydroxyl groups is 1. The Morgan fingerprint density at radius 2 is 1.95 bits per heavy atom. The number of rotatable bonds is 3. The van der Waals surface area contributed by atoms with Crippen LogP contribution in [0, 0.1) is 0 Å². The molecule has 1 heterocycles. The third-order valence-corrected chi connectivity index (χ3v) is 3.09. The summed E-state index contributed by atoms with van der Waals surface area (Å²) in [7, 11) is 3.64. The minimum Gasteiger partial charge on any atom is -0.504 e. The molecule has 5 nitrogen and oxygen atoms in total. The maximum absolute atomic E-state index is 9.92. The van der Waals surface area contributed by atoms with Gasteiger partial charge < -0.3 is 14.7 Å². The predicted octanol–water partition coefficient (Wildman–Crippen LogP) is 1.40. The Hall–Kier alpha value is -1.46. The van der Waals surface area contributed by atoms with Crippen molar-refractivity contribution in [1.29, 1.82) is 0 Å². The Labute approximate surface area is 119 Å². The molecule has 1 saturated heterocycles. The fraction of sp³-hybridized carbons (Fsp3) is 0.462. The molecule has 0 aliphatic carbocycles. The average molecular weight is 286 g/mol. The quantitative estimate of drug-likeness (QED) is 0.853. The number of phenols is 1. The fourth-order valence-electron chi connectivity index (χ4n) is 1.86. The van der Waals surface area contributed by atoms with Crippen LogP contribution in [0.4, 0.5) is 0 Å². The van der Waals surface area contributed by atoms with Crippen LogP contribution in [0.25, 0.3) is 0 Å². The number of methoxy groups -OCH3 is 1. The van der Waals surface area contributed by atoms with Crippen molar-refractivity contribution in [3.05, 3.63) is 23.8 Å². The highest BCUT2D eigenvalue weighted by molar-refractivity contribution is 5.85. The van der Waals surface area contributed by atoms with Gasteiger partial charge in [-0.1, -0.05) is 6.07 Å². The van der Waals surface area contributed by atoms with Gasteiger partial charge in [0.05, 0.1) is 13.3 Å². The number of hydrogen-bond acceptors (Lipinski definition) is 5. The summed E-state index contributed by atoms with van der Waals surface area (Å²) in [4.78, 5) is 2.27. The number of halogens is 1. The molecule has 0 spiro atoms. The zero-order valence-corrected chi connectivity index (χ0v) is 12.1. The smallest absolute Gasteiger partial charge is 0.166 e. The molecule has 6 heteroatoms. The van der Waals surface area contributed by atoms with E-state index in [0.29, 0.717) is 11.3 Å². The maximum atomic E-state index is 9.92. The summed E-state index contributed by atoms with van der Waals surface area (Å²) in [5, 5.41) is 16.3. The highest BCUT2D eigenvalue weighted by atomic mass is 35.5. The molecular formula is C13H20ClN3O2. The van der Waals surface area contributed by atoms with Crippen molar-refractivity contribution in [2.45, 2.75) is 0 Å². The second-order valence-corrected chi connectivity index (χ2v) is 4.40. The number of phenolic OH excluding ortho intramolecular Hbond substituents is 1. The summed E-state index contributed by atoms with van der Waals surface area (Å²) >= 11 is 0. The first-order valence-corrected chi connectivity index (χ1v) is 6.04. The minimum absolute atomic E-state index is 0. The first kappa shape index (κ1) is 15.6. The van der Waals surface area contributed by atoms with Crippen molar-refractivity contribution in [3.8, 4) is 11.5 Å². The number of likely N-dealkylation sites (N-methyl/N-ethyl adjacent to an activating group) is 1. The van der Waals surface area contributed by atoms with Crippen LogP contribution in [0.15, 0.2) is 23.3 Å². The van der Waals surface area contributed by atoms with Crippen LogP contribution >= 0.6 is 12.4 Å². The first-order chi connectivity index (χ1) is 8.70. The number of piperazine rings is 1. The van der Waals surface area contributed by atoms with Gasteiger partial charge >= 0.3 is 0 Å². The van der Waals surface area contributed by atoms with E-state index in [2.05, 4.69) is 17.0 Å². The molecule has 1 fully saturated rings. The molecule has 2 rings (SSSR count). The Balaban J connectivity index is 0.00000180. The van der Waals surface area contributed by atoms with E-state index in [1.165, 1.54) is 7.11 Å². The van der Waals surface area contributed by atoms with Gasteiger partial charge in [-0.05, 0) is 19.2 Å². The molecule has 0 bridgehead atoms. The van der Waals surface area contributed by atoms with Gasteiger partial charge in [0.1, 0.15) is 0 Å². The van der Waals surface area contributed by atoms with Crippen LogP contribution < -0.4 is 4.74 Å². The minimum atomic E-state index is 0. The summed E-state index contributed by atoms with van der Waals surface area (Å²) in [6.45, 7) is 3.86. The Bertz CT molecular complexity index is 432. The monoisotopic (exact) mass is 285 g/mol. The van der Waals surface area contributed by atoms with Crippen molar-refractivity contribution in [3.63, 3.8) is 0 Å². The molecule has 106 valence electrons. The van der Waals surface area contributed by atoms with Crippen LogP contribution in [0.3, 0.4) is 0 Å². The number of para-hydroxylation sites is 1. The number of hydrazone groups is 1. The number of ether oxygens (including phenoxy) is 1. The van der Waals surface area contributed by atoms with Gasteiger partial charge in [0.15, 0.2) is 11.5 Å². The molecule has 1 aromatic carbocycles. The average Bonchev–Trinajstić information content (AvgIpc) is 2.39. The maximum Gasteiger partial charge on any atom is 0.166 e. The van der Waals surface area contributed by atoms with Crippen molar-refractivity contribution in [2.75, 3.05) is 40.3 Å². The molecule has 1 aliphatic rings. The lowest BCUT2D eigenvalue weighted by molar-refractivity contribution is 0.159. The standard InChI is InChI=1S/C13H19N3O2.ClH/c1-15-6-8-16(9-7-15)14-10-11-4-3-5-12(18-2)13(11)17;/h3-5,10,17H,6-9H2,1-2H3;1H. The van der Waals surface area contributed by atoms with E-state index < -0.39 is 0 Å². The number of nitrogens with zero attached hydrogens (tertiary/aromatic N) is 3. The fourth-order valence-corrected chi connectivity index (χ4v) is 1.86. The van der Waals surface area contributed by atoms with E-state index in [9.17, 15) is 5.11 Å². The SMILES string of the molecule is COc1cccc(C=NN2CCN(C)CC2)c1O.Cl. The highest BCUT2D eigenvalue weighted by Crippen LogP contribution is 2.28. The van der Waals surface area contributed by atoms with E-state index in [1.54, 1.807) is 12.3 Å². The molecule has 0 atom stereocenters. The first-order valence-electron chi connectivity index (χ1n) is 6.04. The summed E-state index contributed by atoms with van der Waals surface area (Å²) in [6, 6.07) is 5.38. The molecule has 0 unspecified atom stereocenters. The molecular weight excluding hydrogens is 266 g/mol. The van der Waals surface area contributed by atoms with Crippen molar-refractivity contribution >= 4 is 18.6 Å². The molecule has 0 aromatic heterocycles. The number of hydrogen-bond donors (Lipinski definition) is 1. The van der Waals surface area contributed by atoms with E-state index >= 15 is 0 Å². The van der Waals surface area contributed by atoms with Crippen LogP contribution in [0.5, 0.6) is 11.5 Å². The Morgan fingerprint density at radius 3 is 2.58 bits per heavy atom. The van der Waals surface area contributed by atoms with Crippen LogP contribution in [-0.4, -0.2) is 61.6 Å². The Morgan fingerprint density at radius 1 is 1.26 bits per heavy atom. The summed E-state index contributed by atoms with van der Waals surface area (Å²) in [6.07, 6.45) is 1.68. The van der Waals surface area contributed by atoms with Crippen molar-refractivity contribution in [2.24, 2.45) is 5.10 Å². The van der Waals surface area contributed by atoms with E-state index in [4.69, 9.17) is 4.74 Å². The topological polar surface area (TPSA) is 48.3 Å². The lowest BCUT2D eigenvalue weighted by atomic mass is 10.2. The van der Waals surface area contributed by atoms with E-state index in [1.807, 2.05) is 17.1 Å². The van der Waals surface area contributed by atoms with Gasteiger partial charge in [0, 0.05) is 31.7 Å². The third-order valence-electron chi connectivity index (χ3n) is 3.09. The lowest BCUT2D eigenvalue weighted by Crippen LogP contribution is -2.41. The zero-order chi connectivity index (χ0) is 13.0. The van der Waals surface area contributed by atoms with E-state index in [0.717, 1.165) is 26.2 Å². The normalized spacial score (nSPS) is 16.4. The van der Waals surface area contributed by atoms with Gasteiger partial charge in [-0.2, -0.15) is 5.10 Å². The van der Waals surface area contributed by atoms with Gasteiger partial charge in [0.25, 0.3) is 0 Å². The molecule has 19 heavy (non-hydrogen) atoms. The molecule has 0 amide bonds. The molecule has 1 N–H and O–H groups in total. The summed E-state index contributed by atoms with van der Waals surface area (Å²) in [5.41, 5.74) is 0.674. The molecule has 1 aliphatic heterocycles. The molecule has 1 aromatic rings. The molecule has 0 radical (unpaired) electrons. The summed E-state index contributed by atoms with van der Waals surface area (Å²) in [5.74, 6) is 0.607. The second-order valence-electron chi connectivity index (χ2n) is 4.40. The third kappa shape index (κ3) is 4.01. The second kappa shape index (κ2) is 7.21. The lowest BCUT2D eigenvalue weighted by Gasteiger charge is -2.30. The Kier molecular flexibility index (Phi) is 5.92. The zero-order valence-electron chi connectivity index (χ0n) is 11.2. The van der Waals surface area contributed by atoms with Crippen LogP contribution in [-0.2, 0) is 0 Å². The van der Waals surface area contributed by atoms with Crippen molar-refractivity contribution < 1.29 is 9.84 Å². The molecule has 0 saturated carbocycles. The largest absolute Gasteiger partial charge is 0.504 e. The van der Waals surface area contributed by atoms with Gasteiger partial charge in [0.2, 0.25) is 0 Å². The van der Waals surface area contributed by atoms with E-state index in [-0.39, 0.29) is 18.2 Å². The van der Waals surface area contributed by atoms with Gasteiger partial charge in [-0.15, -0.1) is 12.4 Å². The predicted molar refractivity (Wildman–Crippen MR) is 78.6 cm³/mol. The van der Waals surface area contributed by atoms with Gasteiger partial charge in [-0.3, -0.25) is 5.01 Å². The highest BCUT2D eigenvalue weighted by Gasteiger charge is 2.11.